The molecule has 0 radical (unpaired) electrons. The summed E-state index contributed by atoms with van der Waals surface area (Å²) in [7, 11) is 0. The normalized spacial score (nSPS) is 15.1. The lowest BCUT2D eigenvalue weighted by molar-refractivity contribution is -0.139. The fraction of sp³-hybridized carbons (Fsp3) is 0.667. The van der Waals surface area contributed by atoms with Crippen LogP contribution in [0.25, 0.3) is 0 Å². The van der Waals surface area contributed by atoms with Gasteiger partial charge in [-0.1, -0.05) is 26.8 Å². The molecule has 0 aromatic carbocycles. The molecule has 5 aliphatic heterocycles. The Bertz CT molecular complexity index is 3140. The molecule has 10 amide bonds. The molecule has 0 aliphatic carbocycles. The molecule has 0 aromatic heterocycles. The van der Waals surface area contributed by atoms with E-state index in [1.807, 2.05) is 6.92 Å². The maximum absolute atomic E-state index is 11.8. The highest BCUT2D eigenvalue weighted by Crippen LogP contribution is 2.33. The number of carbonyl (C=O) groups is 12. The molecule has 0 atom stereocenters. The Balaban J connectivity index is 0.000000755. The van der Waals surface area contributed by atoms with Gasteiger partial charge in [0.2, 0.25) is 0 Å². The molecule has 0 bridgehead atoms. The maximum atomic E-state index is 11.8. The van der Waals surface area contributed by atoms with E-state index in [9.17, 15) is 57.5 Å². The topological polar surface area (TPSA) is 380 Å². The van der Waals surface area contributed by atoms with Crippen molar-refractivity contribution in [2.75, 3.05) is 231 Å². The lowest BCUT2D eigenvalue weighted by Crippen LogP contribution is -2.34. The van der Waals surface area contributed by atoms with Crippen molar-refractivity contribution in [2.45, 2.75) is 85.5 Å². The average Bonchev–Trinajstić information content (AvgIpc) is 1.71. The van der Waals surface area contributed by atoms with Crippen LogP contribution < -0.4 is 0 Å². The number of hydrogen-bond acceptors (Lipinski definition) is 28. The predicted molar refractivity (Wildman–Crippen MR) is 456 cm³/mol. The smallest absolute Gasteiger partial charge is 0.269 e. The molecule has 1 N–H and O–H groups in total. The van der Waals surface area contributed by atoms with E-state index in [0.717, 1.165) is 58.3 Å². The number of unbranched alkanes of at least 4 members (excludes halogenated alkanes) is 2. The van der Waals surface area contributed by atoms with Gasteiger partial charge in [-0.3, -0.25) is 72.4 Å². The van der Waals surface area contributed by atoms with Crippen molar-refractivity contribution in [3.8, 4) is 0 Å². The second kappa shape index (κ2) is 69.0. The molecule has 0 aromatic rings. The number of nitrogens with zero attached hydrogens (tertiary/aromatic N) is 5. The van der Waals surface area contributed by atoms with E-state index in [4.69, 9.17) is 76.2 Å². The lowest BCUT2D eigenvalue weighted by Gasteiger charge is -2.14. The minimum absolute atomic E-state index is 0.0557. The molecule has 0 fully saturated rings. The van der Waals surface area contributed by atoms with Gasteiger partial charge in [-0.2, -0.15) is 0 Å². The van der Waals surface area contributed by atoms with E-state index in [2.05, 4.69) is 173 Å². The first kappa shape index (κ1) is 110. The van der Waals surface area contributed by atoms with Crippen LogP contribution in [0.3, 0.4) is 0 Å². The van der Waals surface area contributed by atoms with Crippen LogP contribution in [-0.4, -0.2) is 331 Å². The molecule has 115 heavy (non-hydrogen) atoms. The number of carbonyl (C=O) groups excluding carboxylic acids is 12. The molecular formula is C72H103Br10N5O28. The molecule has 0 unspecified atom stereocenters. The summed E-state index contributed by atoms with van der Waals surface area (Å²) in [6.07, 6.45) is 6.20. The molecular weight excluding hydrogens is 2180 g/mol. The van der Waals surface area contributed by atoms with Crippen LogP contribution in [0.5, 0.6) is 0 Å². The first-order valence-electron chi connectivity index (χ1n) is 36.6. The highest BCUT2D eigenvalue weighted by atomic mass is 79.9. The van der Waals surface area contributed by atoms with Crippen molar-refractivity contribution < 1.29 is 134 Å². The van der Waals surface area contributed by atoms with Crippen molar-refractivity contribution in [2.24, 2.45) is 0 Å². The summed E-state index contributed by atoms with van der Waals surface area (Å²) in [5.41, 5.74) is 0. The van der Waals surface area contributed by atoms with Gasteiger partial charge in [0.05, 0.1) is 210 Å². The average molecular weight is 2290 g/mol. The quantitative estimate of drug-likeness (QED) is 0.0336. The summed E-state index contributed by atoms with van der Waals surface area (Å²) in [5.74, 6) is -3.06. The molecule has 33 nitrogen and oxygen atoms in total. The number of ketones is 2. The van der Waals surface area contributed by atoms with Crippen LogP contribution in [0, 0.1) is 0 Å². The van der Waals surface area contributed by atoms with E-state index in [1.54, 1.807) is 6.92 Å². The van der Waals surface area contributed by atoms with Crippen LogP contribution in [0.2, 0.25) is 0 Å². The van der Waals surface area contributed by atoms with E-state index in [1.165, 1.54) is 11.8 Å². The van der Waals surface area contributed by atoms with Crippen molar-refractivity contribution in [1.29, 1.82) is 0 Å². The van der Waals surface area contributed by atoms with Gasteiger partial charge >= 0.3 is 0 Å². The molecule has 0 saturated carbocycles. The highest BCUT2D eigenvalue weighted by molar-refractivity contribution is 9.16. The fourth-order valence-corrected chi connectivity index (χ4v) is 12.6. The van der Waals surface area contributed by atoms with E-state index < -0.39 is 0 Å². The Morgan fingerprint density at radius 2 is 0.409 bits per heavy atom. The number of halogens is 10. The molecule has 654 valence electrons. The molecule has 5 heterocycles. The van der Waals surface area contributed by atoms with Gasteiger partial charge in [-0.15, -0.1) is 0 Å². The Labute approximate surface area is 754 Å². The molecule has 43 heteroatoms. The third-order valence-corrected chi connectivity index (χ3v) is 24.7. The summed E-state index contributed by atoms with van der Waals surface area (Å²) >= 11 is 30.6. The van der Waals surface area contributed by atoms with Crippen LogP contribution in [0.4, 0.5) is 0 Å². The number of ether oxygens (including phenoxy) is 15. The second-order valence-corrected chi connectivity index (χ2v) is 31.7. The van der Waals surface area contributed by atoms with Crippen molar-refractivity contribution in [3.05, 3.63) is 57.2 Å². The van der Waals surface area contributed by atoms with Gasteiger partial charge in [0.1, 0.15) is 56.4 Å². The molecule has 5 rings (SSSR count). The Morgan fingerprint density at radius 1 is 0.243 bits per heavy atom. The predicted octanol–water partition coefficient (Wildman–Crippen LogP) is 9.83. The van der Waals surface area contributed by atoms with Gasteiger partial charge in [-0.05, 0) is 205 Å². The highest BCUT2D eigenvalue weighted by Gasteiger charge is 2.39. The SMILES string of the molecule is C=C(O)CCOCCOCCOCCOCCOCCOCCOCCN1C(=O)C(Br)=C(Br)C1=O.CC(=O)CCCCCN1C(=O)C(Br)=C(Br)C1=O.CC(=O)CCCN1C(=O)C(Br)=C(Br)C1=O.CCCOCCN1C(=O)C(Br)=C(Br)C1=O.CCCOCCOCCOCCOCCOCCOCCOCCN1C(=O)C(Br)=C(Br)C1=O. The zero-order chi connectivity index (χ0) is 85.9. The van der Waals surface area contributed by atoms with Crippen LogP contribution in [0.15, 0.2) is 57.2 Å². The second-order valence-electron chi connectivity index (χ2n) is 23.8. The third-order valence-electron chi connectivity index (χ3n) is 14.7. The summed E-state index contributed by atoms with van der Waals surface area (Å²) in [6, 6.07) is 0. The summed E-state index contributed by atoms with van der Waals surface area (Å²) in [5, 5.41) is 8.90. The van der Waals surface area contributed by atoms with Crippen LogP contribution >= 0.6 is 159 Å². The monoisotopic (exact) mass is 2270 g/mol. The largest absolute Gasteiger partial charge is 0.513 e. The van der Waals surface area contributed by atoms with Crippen LogP contribution in [-0.2, 0) is 129 Å². The zero-order valence-corrected chi connectivity index (χ0v) is 80.7. The lowest BCUT2D eigenvalue weighted by atomic mass is 10.1. The van der Waals surface area contributed by atoms with Gasteiger partial charge in [0, 0.05) is 45.6 Å². The number of amides is 10. The van der Waals surface area contributed by atoms with Gasteiger partial charge in [-0.25, -0.2) is 0 Å². The van der Waals surface area contributed by atoms with E-state index in [-0.39, 0.29) is 154 Å². The minimum Gasteiger partial charge on any atom is -0.513 e. The Kier molecular flexibility index (Phi) is 66.2. The Hall–Kier alpha value is -2.52. The van der Waals surface area contributed by atoms with E-state index in [0.29, 0.717) is 217 Å². The number of imide groups is 5. The summed E-state index contributed by atoms with van der Waals surface area (Å²) in [6.45, 7) is 26.0. The third kappa shape index (κ3) is 47.6. The Morgan fingerprint density at radius 3 is 0.609 bits per heavy atom. The van der Waals surface area contributed by atoms with Crippen molar-refractivity contribution in [3.63, 3.8) is 0 Å². The molecule has 5 aliphatic rings. The maximum Gasteiger partial charge on any atom is 0.269 e. The number of hydrogen-bond donors (Lipinski definition) is 1. The van der Waals surface area contributed by atoms with Crippen LogP contribution in [0.1, 0.15) is 85.5 Å². The first-order chi connectivity index (χ1) is 55.0. The van der Waals surface area contributed by atoms with Crippen molar-refractivity contribution >= 4 is 230 Å². The van der Waals surface area contributed by atoms with E-state index >= 15 is 0 Å². The number of Topliss-reactive ketones (excluding diaryl/α,β-unsaturated/α-hetero) is 2. The number of rotatable bonds is 62. The van der Waals surface area contributed by atoms with Crippen molar-refractivity contribution in [1.82, 2.24) is 24.5 Å². The van der Waals surface area contributed by atoms with Gasteiger partial charge in [0.15, 0.2) is 0 Å². The summed E-state index contributed by atoms with van der Waals surface area (Å²) in [4.78, 5) is 144. The number of aliphatic hydroxyl groups excluding tert-OH is 1. The zero-order valence-electron chi connectivity index (χ0n) is 64.8. The summed E-state index contributed by atoms with van der Waals surface area (Å²) < 4.78 is 83.1. The number of aliphatic hydroxyl groups is 1. The van der Waals surface area contributed by atoms with Gasteiger partial charge in [0.25, 0.3) is 59.1 Å². The molecule has 0 saturated heterocycles. The molecule has 0 spiro atoms. The standard InChI is InChI=1S/C22H35Br2NO10.C21H35Br2NO9.C11H13Br2NO3.C9H9Br2NO3.C9H11Br2NO3/c1-18(26)2-4-29-6-8-31-10-12-33-14-16-35-17-15-34-13-11-32-9-7-30-5-3-25-21(27)19(23)20(24)22(25)28;1-2-4-27-6-8-29-10-12-31-14-16-33-17-15-32-13-11-30-9-7-28-5-3-24-20(25)18(22)19(23)21(24)26;1-7(15)5-3-2-4-6-14-10(16)8(12)9(13)11(14)17;1-5(13)3-2-4-12-8(14)6(10)7(11)9(12)15;1-2-4-15-5-3-12-8(13)6(10)7(11)9(12)14/h26H,1-17H2;2-17H2,1H3;2-6H2,1H3;2-4H2,1H3;2-5H2,1H3. The van der Waals surface area contributed by atoms with Gasteiger partial charge < -0.3 is 85.7 Å². The first-order valence-corrected chi connectivity index (χ1v) is 44.5. The fourth-order valence-electron chi connectivity index (χ4n) is 8.80. The minimum atomic E-state index is -0.374.